The number of fused-ring (bicyclic) bond motifs is 2. The molecule has 1 saturated heterocycles. The Morgan fingerprint density at radius 1 is 1.21 bits per heavy atom. The van der Waals surface area contributed by atoms with Crippen molar-refractivity contribution in [1.29, 1.82) is 0 Å². The topological polar surface area (TPSA) is 87.3 Å². The summed E-state index contributed by atoms with van der Waals surface area (Å²) in [4.78, 5) is 23.6. The average molecular weight is 444 g/mol. The van der Waals surface area contributed by atoms with Crippen molar-refractivity contribution in [2.75, 3.05) is 20.3 Å². The standard InChI is InChI=1S/C24H24N6O3/c1-28-12-16-9-15(3-4-19(16)24(28)31)10-21-26-20-5-7-30(17-11-25-29(2)13-17)22(20)23(27-21)33-18-6-8-32-14-18/h3-5,7,9,11,13,18H,6,8,10,12,14H2,1-2H3/t18-/m0/s1. The minimum atomic E-state index is -0.0326. The molecule has 168 valence electrons. The minimum Gasteiger partial charge on any atom is -0.470 e. The highest BCUT2D eigenvalue weighted by atomic mass is 16.5. The van der Waals surface area contributed by atoms with Crippen molar-refractivity contribution >= 4 is 16.9 Å². The molecule has 5 heterocycles. The van der Waals surface area contributed by atoms with Crippen LogP contribution in [0.5, 0.6) is 5.88 Å². The van der Waals surface area contributed by atoms with E-state index in [2.05, 4.69) is 11.2 Å². The van der Waals surface area contributed by atoms with Crippen LogP contribution in [0.15, 0.2) is 42.9 Å². The van der Waals surface area contributed by atoms with E-state index in [1.807, 2.05) is 49.3 Å². The van der Waals surface area contributed by atoms with Gasteiger partial charge in [-0.3, -0.25) is 9.48 Å². The molecular formula is C24H24N6O3. The second kappa shape index (κ2) is 7.70. The number of ether oxygens (including phenoxy) is 2. The first-order chi connectivity index (χ1) is 16.0. The van der Waals surface area contributed by atoms with Gasteiger partial charge in [0.25, 0.3) is 5.91 Å². The van der Waals surface area contributed by atoms with Gasteiger partial charge in [0.15, 0.2) is 0 Å². The summed E-state index contributed by atoms with van der Waals surface area (Å²) in [6.07, 6.45) is 7.07. The van der Waals surface area contributed by atoms with E-state index in [9.17, 15) is 4.79 Å². The summed E-state index contributed by atoms with van der Waals surface area (Å²) in [6.45, 7) is 1.88. The molecule has 1 fully saturated rings. The van der Waals surface area contributed by atoms with Crippen LogP contribution in [0, 0.1) is 0 Å². The Morgan fingerprint density at radius 2 is 2.12 bits per heavy atom. The maximum atomic E-state index is 12.2. The van der Waals surface area contributed by atoms with Gasteiger partial charge in [-0.2, -0.15) is 10.1 Å². The summed E-state index contributed by atoms with van der Waals surface area (Å²) >= 11 is 0. The van der Waals surface area contributed by atoms with Gasteiger partial charge in [0.1, 0.15) is 17.4 Å². The van der Waals surface area contributed by atoms with Crippen LogP contribution >= 0.6 is 0 Å². The third-order valence-corrected chi connectivity index (χ3v) is 6.20. The minimum absolute atomic E-state index is 0.0326. The van der Waals surface area contributed by atoms with E-state index < -0.39 is 0 Å². The van der Waals surface area contributed by atoms with Crippen LogP contribution in [0.2, 0.25) is 0 Å². The monoisotopic (exact) mass is 444 g/mol. The van der Waals surface area contributed by atoms with E-state index in [1.165, 1.54) is 0 Å². The van der Waals surface area contributed by atoms with E-state index in [1.54, 1.807) is 15.8 Å². The lowest BCUT2D eigenvalue weighted by molar-refractivity contribution is 0.0816. The molecule has 0 unspecified atom stereocenters. The third kappa shape index (κ3) is 3.54. The molecule has 0 spiro atoms. The largest absolute Gasteiger partial charge is 0.470 e. The number of nitrogens with zero attached hydrogens (tertiary/aromatic N) is 6. The van der Waals surface area contributed by atoms with Crippen LogP contribution in [-0.2, 0) is 24.8 Å². The summed E-state index contributed by atoms with van der Waals surface area (Å²) in [5.41, 5.74) is 5.44. The summed E-state index contributed by atoms with van der Waals surface area (Å²) in [5, 5.41) is 4.29. The first kappa shape index (κ1) is 19.9. The van der Waals surface area contributed by atoms with Gasteiger partial charge in [-0.15, -0.1) is 0 Å². The van der Waals surface area contributed by atoms with Crippen LogP contribution in [-0.4, -0.2) is 61.5 Å². The Kier molecular flexibility index (Phi) is 4.65. The number of hydrogen-bond donors (Lipinski definition) is 0. The Bertz CT molecular complexity index is 1370. The number of carbonyl (C=O) groups excluding carboxylic acids is 1. The second-order valence-corrected chi connectivity index (χ2v) is 8.67. The molecule has 2 aliphatic heterocycles. The van der Waals surface area contributed by atoms with Gasteiger partial charge in [0, 0.05) is 51.4 Å². The highest BCUT2D eigenvalue weighted by Crippen LogP contribution is 2.30. The maximum absolute atomic E-state index is 12.2. The fourth-order valence-electron chi connectivity index (χ4n) is 4.54. The molecule has 0 N–H and O–H groups in total. The van der Waals surface area contributed by atoms with Gasteiger partial charge < -0.3 is 18.9 Å². The number of carbonyl (C=O) groups is 1. The molecule has 3 aromatic heterocycles. The van der Waals surface area contributed by atoms with Crippen molar-refractivity contribution in [3.8, 4) is 11.6 Å². The predicted molar refractivity (Wildman–Crippen MR) is 121 cm³/mol. The van der Waals surface area contributed by atoms with Gasteiger partial charge in [-0.25, -0.2) is 4.98 Å². The zero-order valence-electron chi connectivity index (χ0n) is 18.6. The Balaban J connectivity index is 1.39. The fraction of sp³-hybridized carbons (Fsp3) is 0.333. The summed E-state index contributed by atoms with van der Waals surface area (Å²) in [5.74, 6) is 1.30. The third-order valence-electron chi connectivity index (χ3n) is 6.20. The van der Waals surface area contributed by atoms with E-state index in [0.29, 0.717) is 37.9 Å². The summed E-state index contributed by atoms with van der Waals surface area (Å²) in [6, 6.07) is 7.94. The van der Waals surface area contributed by atoms with E-state index in [4.69, 9.17) is 19.4 Å². The highest BCUT2D eigenvalue weighted by Gasteiger charge is 2.25. The van der Waals surface area contributed by atoms with Crippen molar-refractivity contribution in [3.63, 3.8) is 0 Å². The molecule has 0 radical (unpaired) electrons. The van der Waals surface area contributed by atoms with E-state index in [0.717, 1.165) is 39.8 Å². The number of benzene rings is 1. The molecule has 2 aliphatic rings. The van der Waals surface area contributed by atoms with Gasteiger partial charge in [-0.1, -0.05) is 12.1 Å². The van der Waals surface area contributed by atoms with Gasteiger partial charge >= 0.3 is 0 Å². The van der Waals surface area contributed by atoms with Crippen LogP contribution in [0.25, 0.3) is 16.7 Å². The molecule has 0 bridgehead atoms. The smallest absolute Gasteiger partial charge is 0.254 e. The molecule has 9 nitrogen and oxygen atoms in total. The number of aryl methyl sites for hydroxylation is 1. The van der Waals surface area contributed by atoms with Crippen molar-refractivity contribution in [3.05, 3.63) is 65.4 Å². The quantitative estimate of drug-likeness (QED) is 0.470. The second-order valence-electron chi connectivity index (χ2n) is 8.67. The number of hydrogen-bond acceptors (Lipinski definition) is 6. The fourth-order valence-corrected chi connectivity index (χ4v) is 4.54. The van der Waals surface area contributed by atoms with Gasteiger partial charge in [-0.05, 0) is 23.3 Å². The first-order valence-corrected chi connectivity index (χ1v) is 11.0. The molecule has 1 aromatic carbocycles. The van der Waals surface area contributed by atoms with E-state index in [-0.39, 0.29) is 12.0 Å². The molecule has 6 rings (SSSR count). The van der Waals surface area contributed by atoms with Crippen LogP contribution < -0.4 is 4.74 Å². The average Bonchev–Trinajstić information content (AvgIpc) is 3.57. The number of amides is 1. The molecule has 9 heteroatoms. The highest BCUT2D eigenvalue weighted by molar-refractivity contribution is 5.98. The van der Waals surface area contributed by atoms with E-state index >= 15 is 0 Å². The Labute approximate surface area is 190 Å². The zero-order chi connectivity index (χ0) is 22.5. The van der Waals surface area contributed by atoms with Gasteiger partial charge in [0.2, 0.25) is 5.88 Å². The van der Waals surface area contributed by atoms with Crippen LogP contribution in [0.3, 0.4) is 0 Å². The lowest BCUT2D eigenvalue weighted by Crippen LogP contribution is -2.18. The van der Waals surface area contributed by atoms with Crippen molar-refractivity contribution in [2.24, 2.45) is 7.05 Å². The van der Waals surface area contributed by atoms with Crippen LogP contribution in [0.1, 0.15) is 33.7 Å². The zero-order valence-corrected chi connectivity index (χ0v) is 18.6. The number of aromatic nitrogens is 5. The molecular weight excluding hydrogens is 420 g/mol. The summed E-state index contributed by atoms with van der Waals surface area (Å²) in [7, 11) is 3.71. The predicted octanol–water partition coefficient (Wildman–Crippen LogP) is 2.50. The Morgan fingerprint density at radius 3 is 2.91 bits per heavy atom. The van der Waals surface area contributed by atoms with Crippen LogP contribution in [0.4, 0.5) is 0 Å². The molecule has 1 amide bonds. The Hall–Kier alpha value is -3.72. The van der Waals surface area contributed by atoms with Gasteiger partial charge in [0.05, 0.1) is 30.6 Å². The van der Waals surface area contributed by atoms with Crippen molar-refractivity contribution in [1.82, 2.24) is 29.2 Å². The molecule has 1 atom stereocenters. The molecule has 0 aliphatic carbocycles. The summed E-state index contributed by atoms with van der Waals surface area (Å²) < 4.78 is 15.6. The van der Waals surface area contributed by atoms with Crippen molar-refractivity contribution in [2.45, 2.75) is 25.5 Å². The first-order valence-electron chi connectivity index (χ1n) is 11.0. The van der Waals surface area contributed by atoms with Crippen molar-refractivity contribution < 1.29 is 14.3 Å². The number of rotatable bonds is 5. The maximum Gasteiger partial charge on any atom is 0.254 e. The SMILES string of the molecule is CN1Cc2cc(Cc3nc(O[C@H]4CCOC4)c4c(ccn4-c4cnn(C)c4)n3)ccc2C1=O. The normalized spacial score (nSPS) is 17.8. The lowest BCUT2D eigenvalue weighted by atomic mass is 10.0. The molecule has 0 saturated carbocycles. The lowest BCUT2D eigenvalue weighted by Gasteiger charge is -2.14. The molecule has 33 heavy (non-hydrogen) atoms. The molecule has 4 aromatic rings.